The van der Waals surface area contributed by atoms with Crippen molar-refractivity contribution >= 4 is 11.9 Å². The number of rotatable bonds is 3. The number of ether oxygens (including phenoxy) is 2. The molecule has 0 N–H and O–H groups in total. The van der Waals surface area contributed by atoms with Gasteiger partial charge in [0.15, 0.2) is 0 Å². The van der Waals surface area contributed by atoms with E-state index in [1.807, 2.05) is 30.3 Å². The van der Waals surface area contributed by atoms with Gasteiger partial charge in [-0.25, -0.2) is 9.38 Å². The van der Waals surface area contributed by atoms with Gasteiger partial charge in [-0.1, -0.05) is 18.2 Å². The first-order chi connectivity index (χ1) is 10.2. The van der Waals surface area contributed by atoms with Crippen LogP contribution in [0.4, 0.5) is 4.39 Å². The van der Waals surface area contributed by atoms with Crippen LogP contribution < -0.4 is 0 Å². The zero-order chi connectivity index (χ0) is 14.8. The molecular formula is C16H18FNO3. The second-order valence-electron chi connectivity index (χ2n) is 5.33. The van der Waals surface area contributed by atoms with E-state index in [1.54, 1.807) is 6.92 Å². The first-order valence-corrected chi connectivity index (χ1v) is 7.31. The molecule has 0 spiro atoms. The summed E-state index contributed by atoms with van der Waals surface area (Å²) in [6, 6.07) is 8.83. The van der Waals surface area contributed by atoms with Crippen LogP contribution in [0.1, 0.15) is 25.3 Å². The van der Waals surface area contributed by atoms with E-state index < -0.39 is 24.1 Å². The predicted molar refractivity (Wildman–Crippen MR) is 75.9 cm³/mol. The molecule has 1 aliphatic carbocycles. The zero-order valence-electron chi connectivity index (χ0n) is 11.9. The van der Waals surface area contributed by atoms with Crippen LogP contribution in [0.2, 0.25) is 0 Å². The number of alkyl halides is 1. The molecule has 5 heteroatoms. The molecule has 0 unspecified atom stereocenters. The highest BCUT2D eigenvalue weighted by Crippen LogP contribution is 2.36. The highest BCUT2D eigenvalue weighted by molar-refractivity contribution is 5.95. The van der Waals surface area contributed by atoms with E-state index in [4.69, 9.17) is 9.47 Å². The largest absolute Gasteiger partial charge is 0.472 e. The van der Waals surface area contributed by atoms with E-state index in [0.29, 0.717) is 18.7 Å². The molecule has 1 heterocycles. The van der Waals surface area contributed by atoms with Gasteiger partial charge in [0.2, 0.25) is 5.90 Å². The van der Waals surface area contributed by atoms with Crippen molar-refractivity contribution in [1.82, 2.24) is 0 Å². The Balaban J connectivity index is 1.78. The number of hydrogen-bond acceptors (Lipinski definition) is 4. The Hall–Kier alpha value is -1.91. The van der Waals surface area contributed by atoms with E-state index in [1.165, 1.54) is 0 Å². The molecule has 0 saturated heterocycles. The fourth-order valence-electron chi connectivity index (χ4n) is 2.93. The molecule has 1 aromatic carbocycles. The van der Waals surface area contributed by atoms with Gasteiger partial charge in [-0.15, -0.1) is 0 Å². The van der Waals surface area contributed by atoms with Crippen molar-refractivity contribution in [3.05, 3.63) is 35.9 Å². The van der Waals surface area contributed by atoms with Gasteiger partial charge >= 0.3 is 5.97 Å². The van der Waals surface area contributed by atoms with Crippen LogP contribution >= 0.6 is 0 Å². The Morgan fingerprint density at radius 1 is 1.38 bits per heavy atom. The van der Waals surface area contributed by atoms with Gasteiger partial charge in [-0.05, 0) is 31.9 Å². The first kappa shape index (κ1) is 14.0. The topological polar surface area (TPSA) is 47.9 Å². The minimum absolute atomic E-state index is 0.269. The fraction of sp³-hybridized carbons (Fsp3) is 0.500. The summed E-state index contributed by atoms with van der Waals surface area (Å²) in [5.74, 6) is -0.724. The normalized spacial score (nSPS) is 31.0. The van der Waals surface area contributed by atoms with Crippen molar-refractivity contribution in [3.63, 3.8) is 0 Å². The highest BCUT2D eigenvalue weighted by atomic mass is 19.1. The molecule has 0 radical (unpaired) electrons. The van der Waals surface area contributed by atoms with E-state index in [-0.39, 0.29) is 12.7 Å². The Kier molecular flexibility index (Phi) is 3.90. The number of hydrogen-bond donors (Lipinski definition) is 0. The molecule has 1 aliphatic heterocycles. The third kappa shape index (κ3) is 2.64. The summed E-state index contributed by atoms with van der Waals surface area (Å²) in [7, 11) is 0. The number of carbonyl (C=O) groups excluding carboxylic acids is 1. The van der Waals surface area contributed by atoms with Crippen molar-refractivity contribution in [1.29, 1.82) is 0 Å². The summed E-state index contributed by atoms with van der Waals surface area (Å²) in [5.41, 5.74) is 0.840. The van der Waals surface area contributed by atoms with Crippen molar-refractivity contribution in [2.24, 2.45) is 10.9 Å². The number of halogens is 1. The molecular weight excluding hydrogens is 273 g/mol. The van der Waals surface area contributed by atoms with Gasteiger partial charge in [-0.2, -0.15) is 0 Å². The number of carbonyl (C=O) groups is 1. The maximum Gasteiger partial charge on any atom is 0.311 e. The fourth-order valence-corrected chi connectivity index (χ4v) is 2.93. The number of nitrogens with zero attached hydrogens (tertiary/aromatic N) is 1. The van der Waals surface area contributed by atoms with Crippen LogP contribution in [0.15, 0.2) is 35.3 Å². The lowest BCUT2D eigenvalue weighted by Gasteiger charge is -2.31. The minimum atomic E-state index is -1.34. The zero-order valence-corrected chi connectivity index (χ0v) is 11.9. The van der Waals surface area contributed by atoms with Crippen LogP contribution in [0.25, 0.3) is 0 Å². The average molecular weight is 291 g/mol. The third-order valence-electron chi connectivity index (χ3n) is 3.99. The first-order valence-electron chi connectivity index (χ1n) is 7.31. The lowest BCUT2D eigenvalue weighted by molar-refractivity contribution is -0.153. The van der Waals surface area contributed by atoms with E-state index in [0.717, 1.165) is 5.56 Å². The molecule has 4 atom stereocenters. The molecule has 0 amide bonds. The van der Waals surface area contributed by atoms with Crippen LogP contribution in [-0.2, 0) is 14.3 Å². The Morgan fingerprint density at radius 2 is 2.14 bits per heavy atom. The van der Waals surface area contributed by atoms with Gasteiger partial charge < -0.3 is 9.47 Å². The van der Waals surface area contributed by atoms with Crippen molar-refractivity contribution in [2.45, 2.75) is 38.1 Å². The molecule has 1 aromatic rings. The summed E-state index contributed by atoms with van der Waals surface area (Å²) in [5, 5.41) is 0. The average Bonchev–Trinajstić information content (AvgIpc) is 2.94. The molecule has 3 rings (SSSR count). The second-order valence-corrected chi connectivity index (χ2v) is 5.33. The van der Waals surface area contributed by atoms with Crippen LogP contribution in [-0.4, -0.2) is 36.8 Å². The standard InChI is InChI=1S/C16H18FNO3/c1-2-20-16(19)11-8-9-12-14(13(11)17)18-15(21-12)10-6-4-3-5-7-10/h3-7,11-14H,2,8-9H2,1H3/t11-,12+,13+,14+/m1/s1. The molecule has 21 heavy (non-hydrogen) atoms. The molecule has 1 fully saturated rings. The van der Waals surface area contributed by atoms with E-state index >= 15 is 0 Å². The molecule has 0 aromatic heterocycles. The maximum absolute atomic E-state index is 14.6. The van der Waals surface area contributed by atoms with Crippen LogP contribution in [0.3, 0.4) is 0 Å². The van der Waals surface area contributed by atoms with Crippen molar-refractivity contribution in [3.8, 4) is 0 Å². The summed E-state index contributed by atoms with van der Waals surface area (Å²) in [6.45, 7) is 1.99. The lowest BCUT2D eigenvalue weighted by Crippen LogP contribution is -2.44. The van der Waals surface area contributed by atoms with Gasteiger partial charge in [0.1, 0.15) is 18.3 Å². The smallest absolute Gasteiger partial charge is 0.311 e. The van der Waals surface area contributed by atoms with E-state index in [9.17, 15) is 9.18 Å². The number of esters is 1. The van der Waals surface area contributed by atoms with E-state index in [2.05, 4.69) is 4.99 Å². The van der Waals surface area contributed by atoms with Gasteiger partial charge in [0.05, 0.1) is 12.5 Å². The summed E-state index contributed by atoms with van der Waals surface area (Å²) in [6.07, 6.45) is -0.558. The predicted octanol–water partition coefficient (Wildman–Crippen LogP) is 2.51. The van der Waals surface area contributed by atoms with Gasteiger partial charge in [0, 0.05) is 5.56 Å². The summed E-state index contributed by atoms with van der Waals surface area (Å²) in [4.78, 5) is 16.2. The summed E-state index contributed by atoms with van der Waals surface area (Å²) < 4.78 is 25.3. The summed E-state index contributed by atoms with van der Waals surface area (Å²) >= 11 is 0. The molecule has 0 bridgehead atoms. The Labute approximate surface area is 123 Å². The monoisotopic (exact) mass is 291 g/mol. The third-order valence-corrected chi connectivity index (χ3v) is 3.99. The van der Waals surface area contributed by atoms with Crippen molar-refractivity contribution < 1.29 is 18.7 Å². The van der Waals surface area contributed by atoms with Crippen molar-refractivity contribution in [2.75, 3.05) is 6.61 Å². The van der Waals surface area contributed by atoms with Crippen LogP contribution in [0, 0.1) is 5.92 Å². The molecule has 2 aliphatic rings. The minimum Gasteiger partial charge on any atom is -0.472 e. The lowest BCUT2D eigenvalue weighted by atomic mass is 9.82. The quantitative estimate of drug-likeness (QED) is 0.804. The Bertz CT molecular complexity index is 546. The highest BCUT2D eigenvalue weighted by Gasteiger charge is 2.48. The SMILES string of the molecule is CCOC(=O)[C@@H]1CC[C@@H]2OC(c3ccccc3)=N[C@@H]2[C@H]1F. The number of benzene rings is 1. The van der Waals surface area contributed by atoms with Crippen LogP contribution in [0.5, 0.6) is 0 Å². The molecule has 4 nitrogen and oxygen atoms in total. The second kappa shape index (κ2) is 5.84. The Morgan fingerprint density at radius 3 is 2.86 bits per heavy atom. The number of aliphatic imine (C=N–C) groups is 1. The maximum atomic E-state index is 14.6. The van der Waals surface area contributed by atoms with Gasteiger partial charge in [-0.3, -0.25) is 4.79 Å². The molecule has 112 valence electrons. The van der Waals surface area contributed by atoms with Gasteiger partial charge in [0.25, 0.3) is 0 Å². The number of fused-ring (bicyclic) bond motifs is 1. The molecule has 1 saturated carbocycles.